The number of methoxy groups -OCH3 is 2. The molecule has 40 heavy (non-hydrogen) atoms. The Labute approximate surface area is 233 Å². The van der Waals surface area contributed by atoms with Crippen molar-refractivity contribution >= 4 is 28.5 Å². The number of carbonyl (C=O) groups excluding carboxylic acids is 2. The zero-order chi connectivity index (χ0) is 28.5. The molecule has 1 heterocycles. The minimum Gasteiger partial charge on any atom is -0.497 e. The fraction of sp³-hybridized carbons (Fsp3) is 0.290. The SMILES string of the molecule is CCCN(CC(=O)N(CCc1c[nH]c2ccccc12)Cc1ccc(F)cc1)C(=O)Nc1cc(OC)cc(OC)c1. The van der Waals surface area contributed by atoms with Crippen molar-refractivity contribution in [2.24, 2.45) is 0 Å². The number of anilines is 1. The molecule has 8 nitrogen and oxygen atoms in total. The van der Waals surface area contributed by atoms with E-state index in [-0.39, 0.29) is 18.3 Å². The van der Waals surface area contributed by atoms with Crippen molar-refractivity contribution in [2.75, 3.05) is 39.2 Å². The number of hydrogen-bond donors (Lipinski definition) is 2. The van der Waals surface area contributed by atoms with Crippen LogP contribution in [0.15, 0.2) is 72.9 Å². The molecule has 0 saturated heterocycles. The molecule has 0 fully saturated rings. The lowest BCUT2D eigenvalue weighted by atomic mass is 10.1. The normalized spacial score (nSPS) is 10.8. The molecule has 0 aliphatic rings. The van der Waals surface area contributed by atoms with Gasteiger partial charge in [-0.1, -0.05) is 37.3 Å². The first-order valence-electron chi connectivity index (χ1n) is 13.3. The third kappa shape index (κ3) is 7.31. The van der Waals surface area contributed by atoms with Gasteiger partial charge in [-0.15, -0.1) is 0 Å². The predicted octanol–water partition coefficient (Wildman–Crippen LogP) is 5.84. The molecule has 0 spiro atoms. The van der Waals surface area contributed by atoms with E-state index in [0.717, 1.165) is 22.0 Å². The standard InChI is InChI=1S/C31H35FN4O4/c1-4-14-36(31(38)34-25-16-26(39-2)18-27(17-25)40-3)21-30(37)35(20-22-9-11-24(32)12-10-22)15-13-23-19-33-29-8-6-5-7-28(23)29/h5-12,16-19,33H,4,13-15,20-21H2,1-3H3,(H,34,38). The Balaban J connectivity index is 1.51. The number of para-hydroxylation sites is 1. The maximum atomic E-state index is 13.7. The molecule has 4 rings (SSSR count). The molecule has 9 heteroatoms. The van der Waals surface area contributed by atoms with Crippen LogP contribution in [0.25, 0.3) is 10.9 Å². The minimum absolute atomic E-state index is 0.101. The summed E-state index contributed by atoms with van der Waals surface area (Å²) in [5.41, 5.74) is 3.44. The quantitative estimate of drug-likeness (QED) is 0.234. The topological polar surface area (TPSA) is 86.9 Å². The van der Waals surface area contributed by atoms with Crippen LogP contribution >= 0.6 is 0 Å². The highest BCUT2D eigenvalue weighted by Gasteiger charge is 2.22. The lowest BCUT2D eigenvalue weighted by Crippen LogP contribution is -2.45. The smallest absolute Gasteiger partial charge is 0.322 e. The minimum atomic E-state index is -0.399. The van der Waals surface area contributed by atoms with E-state index < -0.39 is 6.03 Å². The fourth-order valence-corrected chi connectivity index (χ4v) is 4.56. The largest absolute Gasteiger partial charge is 0.497 e. The van der Waals surface area contributed by atoms with Gasteiger partial charge in [0.05, 0.1) is 14.2 Å². The Kier molecular flexibility index (Phi) is 9.62. The molecule has 0 unspecified atom stereocenters. The van der Waals surface area contributed by atoms with Crippen LogP contribution in [0.4, 0.5) is 14.9 Å². The summed E-state index contributed by atoms with van der Waals surface area (Å²) in [6, 6.07) is 18.8. The number of hydrogen-bond acceptors (Lipinski definition) is 4. The van der Waals surface area contributed by atoms with E-state index in [4.69, 9.17) is 9.47 Å². The van der Waals surface area contributed by atoms with E-state index in [9.17, 15) is 14.0 Å². The van der Waals surface area contributed by atoms with Gasteiger partial charge in [0.15, 0.2) is 0 Å². The molecule has 0 bridgehead atoms. The maximum absolute atomic E-state index is 13.7. The lowest BCUT2D eigenvalue weighted by Gasteiger charge is -2.28. The van der Waals surface area contributed by atoms with Gasteiger partial charge >= 0.3 is 6.03 Å². The molecule has 3 amide bonds. The molecule has 210 valence electrons. The van der Waals surface area contributed by atoms with Crippen molar-refractivity contribution in [2.45, 2.75) is 26.3 Å². The Morgan fingerprint density at radius 2 is 1.62 bits per heavy atom. The number of aromatic nitrogens is 1. The first-order chi connectivity index (χ1) is 19.4. The van der Waals surface area contributed by atoms with Crippen LogP contribution in [0, 0.1) is 5.82 Å². The van der Waals surface area contributed by atoms with Crippen LogP contribution in [0.3, 0.4) is 0 Å². The van der Waals surface area contributed by atoms with Gasteiger partial charge in [0.2, 0.25) is 5.91 Å². The van der Waals surface area contributed by atoms with Crippen molar-refractivity contribution in [3.05, 3.63) is 89.9 Å². The van der Waals surface area contributed by atoms with E-state index >= 15 is 0 Å². The number of aromatic amines is 1. The molecule has 0 atom stereocenters. The molecule has 0 saturated carbocycles. The Morgan fingerprint density at radius 1 is 0.925 bits per heavy atom. The van der Waals surface area contributed by atoms with Crippen molar-refractivity contribution in [3.8, 4) is 11.5 Å². The Bertz CT molecular complexity index is 1410. The van der Waals surface area contributed by atoms with Gasteiger partial charge in [0, 0.05) is 60.6 Å². The van der Waals surface area contributed by atoms with Crippen molar-refractivity contribution < 1.29 is 23.5 Å². The van der Waals surface area contributed by atoms with E-state index in [1.54, 1.807) is 35.2 Å². The second-order valence-corrected chi connectivity index (χ2v) is 9.50. The monoisotopic (exact) mass is 546 g/mol. The molecular weight excluding hydrogens is 511 g/mol. The van der Waals surface area contributed by atoms with Crippen molar-refractivity contribution in [1.29, 1.82) is 0 Å². The molecule has 0 aliphatic carbocycles. The van der Waals surface area contributed by atoms with Crippen LogP contribution in [-0.2, 0) is 17.8 Å². The molecular formula is C31H35FN4O4. The number of halogens is 1. The number of amides is 3. The molecule has 2 N–H and O–H groups in total. The lowest BCUT2D eigenvalue weighted by molar-refractivity contribution is -0.132. The molecule has 0 aliphatic heterocycles. The number of fused-ring (bicyclic) bond motifs is 1. The first-order valence-corrected chi connectivity index (χ1v) is 13.3. The maximum Gasteiger partial charge on any atom is 0.322 e. The second-order valence-electron chi connectivity index (χ2n) is 9.50. The van der Waals surface area contributed by atoms with Crippen LogP contribution in [0.5, 0.6) is 11.5 Å². The summed E-state index contributed by atoms with van der Waals surface area (Å²) in [6.45, 7) is 2.98. The summed E-state index contributed by atoms with van der Waals surface area (Å²) in [5.74, 6) is 0.544. The number of nitrogens with zero attached hydrogens (tertiary/aromatic N) is 2. The summed E-state index contributed by atoms with van der Waals surface area (Å²) in [4.78, 5) is 33.4. The first kappa shape index (κ1) is 28.5. The molecule has 0 radical (unpaired) electrons. The van der Waals surface area contributed by atoms with Crippen LogP contribution in [0.1, 0.15) is 24.5 Å². The highest BCUT2D eigenvalue weighted by Crippen LogP contribution is 2.26. The zero-order valence-electron chi connectivity index (χ0n) is 23.1. The third-order valence-electron chi connectivity index (χ3n) is 6.67. The summed E-state index contributed by atoms with van der Waals surface area (Å²) in [5, 5.41) is 3.97. The van der Waals surface area contributed by atoms with Crippen LogP contribution < -0.4 is 14.8 Å². The molecule has 1 aromatic heterocycles. The number of ether oxygens (including phenoxy) is 2. The second kappa shape index (κ2) is 13.5. The van der Waals surface area contributed by atoms with Gasteiger partial charge in [-0.05, 0) is 42.2 Å². The van der Waals surface area contributed by atoms with Gasteiger partial charge in [-0.2, -0.15) is 0 Å². The molecule has 3 aromatic carbocycles. The number of urea groups is 1. The summed E-state index contributed by atoms with van der Waals surface area (Å²) in [6.07, 6.45) is 3.26. The van der Waals surface area contributed by atoms with Gasteiger partial charge in [-0.25, -0.2) is 9.18 Å². The van der Waals surface area contributed by atoms with Crippen molar-refractivity contribution in [3.63, 3.8) is 0 Å². The van der Waals surface area contributed by atoms with Crippen molar-refractivity contribution in [1.82, 2.24) is 14.8 Å². The Morgan fingerprint density at radius 3 is 2.30 bits per heavy atom. The third-order valence-corrected chi connectivity index (χ3v) is 6.67. The van der Waals surface area contributed by atoms with Crippen LogP contribution in [0.2, 0.25) is 0 Å². The average Bonchev–Trinajstić information content (AvgIpc) is 3.38. The van der Waals surface area contributed by atoms with Gasteiger partial charge in [0.25, 0.3) is 0 Å². The van der Waals surface area contributed by atoms with Gasteiger partial charge in [0.1, 0.15) is 23.9 Å². The van der Waals surface area contributed by atoms with E-state index in [1.807, 2.05) is 37.4 Å². The Hall–Kier alpha value is -4.53. The highest BCUT2D eigenvalue weighted by atomic mass is 19.1. The van der Waals surface area contributed by atoms with E-state index in [1.165, 1.54) is 31.3 Å². The predicted molar refractivity (Wildman–Crippen MR) is 154 cm³/mol. The fourth-order valence-electron chi connectivity index (χ4n) is 4.56. The number of H-pyrrole nitrogens is 1. The number of rotatable bonds is 12. The van der Waals surface area contributed by atoms with Crippen LogP contribution in [-0.4, -0.2) is 60.6 Å². The number of nitrogens with one attached hydrogen (secondary N) is 2. The van der Waals surface area contributed by atoms with Gasteiger partial charge < -0.3 is 29.6 Å². The highest BCUT2D eigenvalue weighted by molar-refractivity contribution is 5.93. The summed E-state index contributed by atoms with van der Waals surface area (Å²) < 4.78 is 24.1. The van der Waals surface area contributed by atoms with E-state index in [0.29, 0.717) is 49.7 Å². The number of benzene rings is 3. The average molecular weight is 547 g/mol. The zero-order valence-corrected chi connectivity index (χ0v) is 23.1. The molecule has 4 aromatic rings. The summed E-state index contributed by atoms with van der Waals surface area (Å²) in [7, 11) is 3.07. The number of carbonyl (C=O) groups is 2. The summed E-state index contributed by atoms with van der Waals surface area (Å²) >= 11 is 0. The van der Waals surface area contributed by atoms with Gasteiger partial charge in [-0.3, -0.25) is 4.79 Å². The van der Waals surface area contributed by atoms with E-state index in [2.05, 4.69) is 10.3 Å².